The van der Waals surface area contributed by atoms with Crippen LogP contribution in [0.3, 0.4) is 0 Å². The van der Waals surface area contributed by atoms with Crippen LogP contribution >= 0.6 is 0 Å². The van der Waals surface area contributed by atoms with Gasteiger partial charge in [-0.1, -0.05) is 84.9 Å². The Bertz CT molecular complexity index is 2650. The molecule has 6 aromatic carbocycles. The molecule has 1 aliphatic carbocycles. The van der Waals surface area contributed by atoms with Crippen molar-refractivity contribution < 1.29 is 0 Å². The highest BCUT2D eigenvalue weighted by molar-refractivity contribution is 6.09. The highest BCUT2D eigenvalue weighted by Gasteiger charge is 2.23. The summed E-state index contributed by atoms with van der Waals surface area (Å²) in [7, 11) is 0. The van der Waals surface area contributed by atoms with Gasteiger partial charge in [0.15, 0.2) is 0 Å². The van der Waals surface area contributed by atoms with Crippen molar-refractivity contribution >= 4 is 38.8 Å². The number of hydrogen-bond acceptors (Lipinski definition) is 2. The number of fused-ring (bicyclic) bond motifs is 6. The van der Waals surface area contributed by atoms with E-state index < -0.39 is 0 Å². The summed E-state index contributed by atoms with van der Waals surface area (Å²) in [5, 5.41) is 24.3. The maximum absolute atomic E-state index is 10.4. The van der Waals surface area contributed by atoms with Crippen LogP contribution in [-0.2, 0) is 6.42 Å². The lowest BCUT2D eigenvalue weighted by Gasteiger charge is -2.18. The van der Waals surface area contributed by atoms with Crippen molar-refractivity contribution in [3.8, 4) is 45.8 Å². The van der Waals surface area contributed by atoms with Crippen molar-refractivity contribution in [2.45, 2.75) is 12.8 Å². The summed E-state index contributed by atoms with van der Waals surface area (Å²) in [6.07, 6.45) is 6.35. The van der Waals surface area contributed by atoms with Gasteiger partial charge in [-0.3, -0.25) is 0 Å². The molecule has 0 saturated carbocycles. The van der Waals surface area contributed by atoms with Crippen molar-refractivity contribution in [3.05, 3.63) is 162 Å². The molecule has 1 aliphatic rings. The van der Waals surface area contributed by atoms with Gasteiger partial charge in [0.1, 0.15) is 6.07 Å². The van der Waals surface area contributed by atoms with Crippen LogP contribution in [0.5, 0.6) is 0 Å². The molecule has 48 heavy (non-hydrogen) atoms. The van der Waals surface area contributed by atoms with E-state index in [1.54, 1.807) is 0 Å². The molecular formula is C44H28N4. The van der Waals surface area contributed by atoms with Crippen LogP contribution in [0.4, 0.5) is 0 Å². The van der Waals surface area contributed by atoms with Crippen LogP contribution in [0, 0.1) is 22.7 Å². The zero-order chi connectivity index (χ0) is 32.2. The van der Waals surface area contributed by atoms with Gasteiger partial charge in [-0.05, 0) is 95.8 Å². The number of aryl methyl sites for hydroxylation is 1. The molecule has 0 unspecified atom stereocenters. The molecule has 2 heterocycles. The number of aromatic nitrogens is 2. The number of benzene rings is 6. The Kier molecular flexibility index (Phi) is 6.35. The Morgan fingerprint density at radius 2 is 1.21 bits per heavy atom. The minimum atomic E-state index is 0.567. The first-order valence-corrected chi connectivity index (χ1v) is 16.2. The zero-order valence-electron chi connectivity index (χ0n) is 26.1. The van der Waals surface area contributed by atoms with Gasteiger partial charge < -0.3 is 9.13 Å². The van der Waals surface area contributed by atoms with Gasteiger partial charge in [-0.25, -0.2) is 0 Å². The molecule has 0 aliphatic heterocycles. The van der Waals surface area contributed by atoms with Crippen molar-refractivity contribution in [1.29, 1.82) is 10.5 Å². The number of nitrogens with zero attached hydrogens (tertiary/aromatic N) is 4. The third-order valence-corrected chi connectivity index (χ3v) is 9.63. The second-order valence-electron chi connectivity index (χ2n) is 12.3. The number of hydrogen-bond donors (Lipinski definition) is 0. The summed E-state index contributed by atoms with van der Waals surface area (Å²) in [5.41, 5.74) is 12.6. The average molecular weight is 613 g/mol. The van der Waals surface area contributed by atoms with E-state index >= 15 is 0 Å². The van der Waals surface area contributed by atoms with Crippen LogP contribution in [0.2, 0.25) is 0 Å². The predicted molar refractivity (Wildman–Crippen MR) is 195 cm³/mol. The van der Waals surface area contributed by atoms with Gasteiger partial charge in [-0.15, -0.1) is 0 Å². The van der Waals surface area contributed by atoms with E-state index in [0.717, 1.165) is 68.7 Å². The van der Waals surface area contributed by atoms with Crippen molar-refractivity contribution in [1.82, 2.24) is 9.13 Å². The molecule has 0 amide bonds. The maximum atomic E-state index is 10.4. The third kappa shape index (κ3) is 4.21. The van der Waals surface area contributed by atoms with Gasteiger partial charge in [0.05, 0.1) is 39.4 Å². The van der Waals surface area contributed by atoms with Crippen LogP contribution in [0.15, 0.2) is 140 Å². The van der Waals surface area contributed by atoms with Gasteiger partial charge >= 0.3 is 0 Å². The SMILES string of the molecule is N#Cc1cc(-c2cccc(-n3c4ccccc4c4ccccc43)c2)cc(-c2cccc(C#N)c2-n2c3c(c4ccccc42)CCC=C3)c1. The molecule has 0 saturated heterocycles. The van der Waals surface area contributed by atoms with E-state index in [1.165, 1.54) is 21.7 Å². The first kappa shape index (κ1) is 27.7. The third-order valence-electron chi connectivity index (χ3n) is 9.63. The van der Waals surface area contributed by atoms with Gasteiger partial charge in [-0.2, -0.15) is 10.5 Å². The predicted octanol–water partition coefficient (Wildman–Crippen LogP) is 10.8. The minimum absolute atomic E-state index is 0.567. The second kappa shape index (κ2) is 11.0. The lowest BCUT2D eigenvalue weighted by Crippen LogP contribution is -2.05. The molecule has 224 valence electrons. The summed E-state index contributed by atoms with van der Waals surface area (Å²) >= 11 is 0. The van der Waals surface area contributed by atoms with E-state index in [-0.39, 0.29) is 0 Å². The lowest BCUT2D eigenvalue weighted by atomic mass is 9.93. The summed E-state index contributed by atoms with van der Waals surface area (Å²) in [5.74, 6) is 0. The van der Waals surface area contributed by atoms with Crippen molar-refractivity contribution in [2.75, 3.05) is 0 Å². The fraction of sp³-hybridized carbons (Fsp3) is 0.0455. The fourth-order valence-corrected chi connectivity index (χ4v) is 7.58. The Balaban J connectivity index is 1.26. The first-order valence-electron chi connectivity index (χ1n) is 16.2. The average Bonchev–Trinajstić information content (AvgIpc) is 3.67. The van der Waals surface area contributed by atoms with E-state index in [0.29, 0.717) is 11.1 Å². The van der Waals surface area contributed by atoms with Crippen molar-refractivity contribution in [3.63, 3.8) is 0 Å². The molecule has 0 bridgehead atoms. The highest BCUT2D eigenvalue weighted by Crippen LogP contribution is 2.40. The minimum Gasteiger partial charge on any atom is -0.309 e. The smallest absolute Gasteiger partial charge is 0.101 e. The Hall–Kier alpha value is -6.62. The molecular weight excluding hydrogens is 585 g/mol. The van der Waals surface area contributed by atoms with Crippen LogP contribution in [0.1, 0.15) is 28.8 Å². The molecule has 0 spiro atoms. The van der Waals surface area contributed by atoms with E-state index in [1.807, 2.05) is 24.3 Å². The van der Waals surface area contributed by atoms with Gasteiger partial charge in [0.25, 0.3) is 0 Å². The molecule has 2 aromatic heterocycles. The first-order chi connectivity index (χ1) is 23.7. The standard InChI is InChI=1S/C44H28N4/c45-27-29-23-32(30-11-9-13-34(26-30)47-40-19-5-1-14-36(40)37-15-2-6-20-41(37)47)25-33(24-29)35-18-10-12-31(28-46)44(35)48-42-21-7-3-16-38(42)39-17-4-8-22-43(39)48/h1-3,5-16,18-26H,4,17H2. The van der Waals surface area contributed by atoms with E-state index in [2.05, 4.69) is 143 Å². The van der Waals surface area contributed by atoms with E-state index in [4.69, 9.17) is 0 Å². The summed E-state index contributed by atoms with van der Waals surface area (Å²) < 4.78 is 4.56. The topological polar surface area (TPSA) is 57.4 Å². The fourth-order valence-electron chi connectivity index (χ4n) is 7.58. The number of rotatable bonds is 4. The Morgan fingerprint density at radius 3 is 1.94 bits per heavy atom. The molecule has 0 atom stereocenters. The van der Waals surface area contributed by atoms with Crippen LogP contribution in [-0.4, -0.2) is 9.13 Å². The second-order valence-corrected chi connectivity index (χ2v) is 12.3. The van der Waals surface area contributed by atoms with Crippen LogP contribution in [0.25, 0.3) is 72.4 Å². The van der Waals surface area contributed by atoms with Crippen molar-refractivity contribution in [2.24, 2.45) is 0 Å². The molecule has 8 aromatic rings. The summed E-state index contributed by atoms with van der Waals surface area (Å²) in [6.45, 7) is 0. The maximum Gasteiger partial charge on any atom is 0.101 e. The van der Waals surface area contributed by atoms with Crippen LogP contribution < -0.4 is 0 Å². The molecule has 0 fully saturated rings. The molecule has 4 nitrogen and oxygen atoms in total. The highest BCUT2D eigenvalue weighted by atomic mass is 15.0. The number of allylic oxidation sites excluding steroid dienone is 1. The van der Waals surface area contributed by atoms with Gasteiger partial charge in [0.2, 0.25) is 0 Å². The summed E-state index contributed by atoms with van der Waals surface area (Å²) in [4.78, 5) is 0. The Morgan fingerprint density at radius 1 is 0.542 bits per heavy atom. The largest absolute Gasteiger partial charge is 0.309 e. The Labute approximate surface area is 278 Å². The normalized spacial score (nSPS) is 12.3. The summed E-state index contributed by atoms with van der Waals surface area (Å²) in [6, 6.07) is 50.8. The molecule has 4 heteroatoms. The lowest BCUT2D eigenvalue weighted by molar-refractivity contribution is 0.967. The van der Waals surface area contributed by atoms with E-state index in [9.17, 15) is 10.5 Å². The number of nitriles is 2. The zero-order valence-corrected chi connectivity index (χ0v) is 26.1. The quantitative estimate of drug-likeness (QED) is 0.199. The molecule has 9 rings (SSSR count). The number of para-hydroxylation sites is 4. The van der Waals surface area contributed by atoms with Gasteiger partial charge in [0, 0.05) is 33.1 Å². The molecule has 0 radical (unpaired) electrons. The monoisotopic (exact) mass is 612 g/mol. The molecule has 0 N–H and O–H groups in total.